The van der Waals surface area contributed by atoms with Gasteiger partial charge in [-0.25, -0.2) is 0 Å². The number of fused-ring (bicyclic) bond motifs is 3. The molecule has 237 valence electrons. The summed E-state index contributed by atoms with van der Waals surface area (Å²) in [4.78, 5) is 9.16. The van der Waals surface area contributed by atoms with Crippen LogP contribution in [0.3, 0.4) is 0 Å². The molecule has 0 aliphatic heterocycles. The molecular formula is C43H34GeIrN2S-2. The zero-order valence-corrected chi connectivity index (χ0v) is 32.4. The van der Waals surface area contributed by atoms with Crippen molar-refractivity contribution >= 4 is 49.2 Å². The van der Waals surface area contributed by atoms with Crippen molar-refractivity contribution in [3.05, 3.63) is 164 Å². The van der Waals surface area contributed by atoms with Gasteiger partial charge in [0.2, 0.25) is 0 Å². The zero-order valence-electron chi connectivity index (χ0n) is 27.1. The number of pyridine rings is 2. The Bertz CT molecular complexity index is 2260. The topological polar surface area (TPSA) is 25.8 Å². The van der Waals surface area contributed by atoms with Crippen molar-refractivity contribution in [2.75, 3.05) is 0 Å². The van der Waals surface area contributed by atoms with Crippen molar-refractivity contribution in [2.24, 2.45) is 0 Å². The van der Waals surface area contributed by atoms with Gasteiger partial charge < -0.3 is 4.98 Å². The Labute approximate surface area is 303 Å². The van der Waals surface area contributed by atoms with Crippen LogP contribution in [0.4, 0.5) is 0 Å². The summed E-state index contributed by atoms with van der Waals surface area (Å²) in [6.07, 6.45) is 3.92. The van der Waals surface area contributed by atoms with Crippen LogP contribution in [0.2, 0.25) is 17.3 Å². The summed E-state index contributed by atoms with van der Waals surface area (Å²) in [5, 5.41) is 2.55. The molecule has 2 nitrogen and oxygen atoms in total. The Morgan fingerprint density at radius 3 is 1.90 bits per heavy atom. The van der Waals surface area contributed by atoms with E-state index in [4.69, 9.17) is 0 Å². The molecule has 0 fully saturated rings. The van der Waals surface area contributed by atoms with Crippen molar-refractivity contribution in [2.45, 2.75) is 17.3 Å². The van der Waals surface area contributed by atoms with Crippen LogP contribution in [0.1, 0.15) is 0 Å². The monoisotopic (exact) mass is 877 g/mol. The maximum atomic E-state index is 4.63. The van der Waals surface area contributed by atoms with E-state index in [-0.39, 0.29) is 20.1 Å². The van der Waals surface area contributed by atoms with Crippen LogP contribution < -0.4 is 4.40 Å². The first-order valence-electron chi connectivity index (χ1n) is 15.8. The number of rotatable bonds is 5. The summed E-state index contributed by atoms with van der Waals surface area (Å²) in [7, 11) is 0. The molecule has 0 N–H and O–H groups in total. The number of hydrogen-bond acceptors (Lipinski definition) is 3. The van der Waals surface area contributed by atoms with E-state index < -0.39 is 13.3 Å². The van der Waals surface area contributed by atoms with Gasteiger partial charge in [-0.3, -0.25) is 0 Å². The second-order valence-electron chi connectivity index (χ2n) is 12.6. The Kier molecular flexibility index (Phi) is 10.5. The Morgan fingerprint density at radius 2 is 1.25 bits per heavy atom. The van der Waals surface area contributed by atoms with Crippen LogP contribution in [0.15, 0.2) is 152 Å². The predicted octanol–water partition coefficient (Wildman–Crippen LogP) is 11.3. The van der Waals surface area contributed by atoms with Gasteiger partial charge in [-0.05, 0) is 50.2 Å². The van der Waals surface area contributed by atoms with Crippen molar-refractivity contribution in [3.63, 3.8) is 0 Å². The van der Waals surface area contributed by atoms with Gasteiger partial charge in [-0.15, -0.1) is 23.8 Å². The van der Waals surface area contributed by atoms with Gasteiger partial charge >= 0.3 is 99.8 Å². The molecule has 0 aliphatic rings. The van der Waals surface area contributed by atoms with Crippen LogP contribution in [-0.4, -0.2) is 23.2 Å². The maximum Gasteiger partial charge on any atom is 0.0245 e. The SMILES string of the molecule is [CH3][Ge]([CH3])([CH3])[c]1ccc(-c2[c-]cccc2)nc1.[Ir].[c-]1cc2sc3cc(-c4ccccc4)ccc3c2cc1-c1cc(-c2ccccc2)ccn1. The minimum Gasteiger partial charge on any atom is -0.305 e. The first-order valence-corrected chi connectivity index (χ1v) is 24.0. The van der Waals surface area contributed by atoms with E-state index in [1.165, 1.54) is 46.8 Å². The largest absolute Gasteiger partial charge is 0.305 e. The fourth-order valence-corrected chi connectivity index (χ4v) is 8.90. The van der Waals surface area contributed by atoms with E-state index in [0.29, 0.717) is 0 Å². The molecule has 1 radical (unpaired) electrons. The summed E-state index contributed by atoms with van der Waals surface area (Å²) in [5.41, 5.74) is 8.91. The minimum absolute atomic E-state index is 0. The summed E-state index contributed by atoms with van der Waals surface area (Å²) >= 11 is 0.107. The van der Waals surface area contributed by atoms with Gasteiger partial charge in [0.15, 0.2) is 0 Å². The van der Waals surface area contributed by atoms with E-state index in [2.05, 4.69) is 149 Å². The van der Waals surface area contributed by atoms with Crippen LogP contribution in [0, 0.1) is 12.1 Å². The summed E-state index contributed by atoms with van der Waals surface area (Å²) in [6, 6.07) is 55.2. The fraction of sp³-hybridized carbons (Fsp3) is 0.0698. The molecular weight excluding hydrogens is 841 g/mol. The van der Waals surface area contributed by atoms with Crippen LogP contribution in [0.5, 0.6) is 0 Å². The van der Waals surface area contributed by atoms with Gasteiger partial charge in [-0.1, -0.05) is 84.2 Å². The number of aromatic nitrogens is 2. The van der Waals surface area contributed by atoms with E-state index in [1.54, 1.807) is 0 Å². The maximum absolute atomic E-state index is 4.63. The van der Waals surface area contributed by atoms with Crippen LogP contribution >= 0.6 is 11.3 Å². The van der Waals surface area contributed by atoms with Crippen LogP contribution in [-0.2, 0) is 20.1 Å². The Hall–Kier alpha value is -4.19. The van der Waals surface area contributed by atoms with Gasteiger partial charge in [0.1, 0.15) is 0 Å². The molecule has 8 rings (SSSR count). The first-order chi connectivity index (χ1) is 22.9. The average Bonchev–Trinajstić information content (AvgIpc) is 3.50. The summed E-state index contributed by atoms with van der Waals surface area (Å²) in [5.74, 6) is 7.14. The zero-order chi connectivity index (χ0) is 32.2. The van der Waals surface area contributed by atoms with E-state index in [9.17, 15) is 0 Å². The van der Waals surface area contributed by atoms with Crippen molar-refractivity contribution in [1.82, 2.24) is 9.97 Å². The number of nitrogens with zero attached hydrogens (tertiary/aromatic N) is 2. The summed E-state index contributed by atoms with van der Waals surface area (Å²) in [6.45, 7) is 0. The molecule has 0 atom stereocenters. The van der Waals surface area contributed by atoms with Crippen molar-refractivity contribution < 1.29 is 20.1 Å². The third kappa shape index (κ3) is 7.59. The molecule has 5 aromatic carbocycles. The van der Waals surface area contributed by atoms with Gasteiger partial charge in [0.25, 0.3) is 0 Å². The number of hydrogen-bond donors (Lipinski definition) is 0. The molecule has 0 bridgehead atoms. The molecule has 5 heteroatoms. The van der Waals surface area contributed by atoms with Gasteiger partial charge in [-0.2, -0.15) is 11.3 Å². The van der Waals surface area contributed by atoms with Crippen LogP contribution in [0.25, 0.3) is 64.9 Å². The van der Waals surface area contributed by atoms with Crippen molar-refractivity contribution in [1.29, 1.82) is 0 Å². The molecule has 0 saturated heterocycles. The second kappa shape index (κ2) is 14.9. The molecule has 0 saturated carbocycles. The molecule has 0 unspecified atom stereocenters. The summed E-state index contributed by atoms with van der Waals surface area (Å²) < 4.78 is 4.00. The second-order valence-corrected chi connectivity index (χ2v) is 24.3. The third-order valence-corrected chi connectivity index (χ3v) is 13.6. The van der Waals surface area contributed by atoms with Crippen molar-refractivity contribution in [3.8, 4) is 44.8 Å². The Balaban J connectivity index is 0.000000201. The fourth-order valence-electron chi connectivity index (χ4n) is 5.62. The van der Waals surface area contributed by atoms with Gasteiger partial charge in [0, 0.05) is 31.0 Å². The van der Waals surface area contributed by atoms with E-state index in [0.717, 1.165) is 22.5 Å². The average molecular weight is 876 g/mol. The third-order valence-electron chi connectivity index (χ3n) is 8.27. The quantitative estimate of drug-likeness (QED) is 0.127. The number of thiophene rings is 1. The van der Waals surface area contributed by atoms with E-state index >= 15 is 0 Å². The molecule has 3 heterocycles. The Morgan fingerprint density at radius 1 is 0.542 bits per heavy atom. The van der Waals surface area contributed by atoms with E-state index in [1.807, 2.05) is 54.1 Å². The molecule has 0 aliphatic carbocycles. The number of benzene rings is 5. The first kappa shape index (κ1) is 33.7. The molecule has 3 aromatic heterocycles. The van der Waals surface area contributed by atoms with Gasteiger partial charge in [0.05, 0.1) is 0 Å². The molecule has 48 heavy (non-hydrogen) atoms. The standard InChI is InChI=1S/C29H18NS.C14H16GeN.Ir/c1-3-7-20(8-4-1)22-11-13-25-26-17-24(12-14-28(26)31-29(25)19-22)27-18-23(15-16-30-27)21-9-5-2-6-10-21;1-15(2,3)13-9-10-14(16-11-13)12-7-5-4-6-8-12;/h1-11,13-19H;4-7,9-11H,1-3H3;/q2*-1;. The normalized spacial score (nSPS) is 11.1. The molecule has 0 amide bonds. The smallest absolute Gasteiger partial charge is 0.0245 e. The molecule has 8 aromatic rings. The molecule has 0 spiro atoms. The minimum atomic E-state index is -1.72. The predicted molar refractivity (Wildman–Crippen MR) is 204 cm³/mol.